The van der Waals surface area contributed by atoms with Crippen molar-refractivity contribution in [2.75, 3.05) is 37.6 Å². The Balaban J connectivity index is 1.47. The number of benzene rings is 2. The Morgan fingerprint density at radius 3 is 2.46 bits per heavy atom. The predicted molar refractivity (Wildman–Crippen MR) is 108 cm³/mol. The first-order valence-corrected chi connectivity index (χ1v) is 9.44. The summed E-state index contributed by atoms with van der Waals surface area (Å²) in [5.74, 6) is 0. The van der Waals surface area contributed by atoms with E-state index in [1.807, 2.05) is 4.90 Å². The van der Waals surface area contributed by atoms with Gasteiger partial charge in [0.1, 0.15) is 0 Å². The molecule has 1 fully saturated rings. The van der Waals surface area contributed by atoms with Crippen LogP contribution in [-0.2, 0) is 6.42 Å². The molecule has 26 heavy (non-hydrogen) atoms. The van der Waals surface area contributed by atoms with E-state index in [1.54, 1.807) is 0 Å². The van der Waals surface area contributed by atoms with Crippen LogP contribution in [0.15, 0.2) is 42.5 Å². The Morgan fingerprint density at radius 2 is 1.73 bits per heavy atom. The largest absolute Gasteiger partial charge is 0.368 e. The number of nitrogens with zero attached hydrogens (tertiary/aromatic N) is 2. The molecule has 138 valence electrons. The van der Waals surface area contributed by atoms with E-state index < -0.39 is 0 Å². The number of piperazine rings is 1. The summed E-state index contributed by atoms with van der Waals surface area (Å²) in [7, 11) is 0. The van der Waals surface area contributed by atoms with Crippen LogP contribution in [0.2, 0.25) is 0 Å². The van der Waals surface area contributed by atoms with Gasteiger partial charge in [-0.1, -0.05) is 42.0 Å². The van der Waals surface area contributed by atoms with E-state index in [0.29, 0.717) is 6.54 Å². The predicted octanol–water partition coefficient (Wildman–Crippen LogP) is 3.69. The molecule has 0 aliphatic carbocycles. The number of aryl methyl sites for hydroxylation is 2. The molecule has 2 amide bonds. The maximum Gasteiger partial charge on any atom is 0.317 e. The third-order valence-electron chi connectivity index (χ3n) is 5.26. The Morgan fingerprint density at radius 1 is 1.00 bits per heavy atom. The van der Waals surface area contributed by atoms with E-state index in [2.05, 4.69) is 73.5 Å². The van der Waals surface area contributed by atoms with Gasteiger partial charge in [-0.15, -0.1) is 0 Å². The highest BCUT2D eigenvalue weighted by atomic mass is 16.2. The molecule has 1 aliphatic heterocycles. The third-order valence-corrected chi connectivity index (χ3v) is 5.26. The van der Waals surface area contributed by atoms with Gasteiger partial charge in [-0.05, 0) is 49.9 Å². The van der Waals surface area contributed by atoms with Crippen molar-refractivity contribution in [2.24, 2.45) is 0 Å². The molecule has 0 atom stereocenters. The average molecular weight is 351 g/mol. The summed E-state index contributed by atoms with van der Waals surface area (Å²) in [4.78, 5) is 16.7. The number of urea groups is 1. The number of carbonyl (C=O) groups is 1. The summed E-state index contributed by atoms with van der Waals surface area (Å²) < 4.78 is 0. The quantitative estimate of drug-likeness (QED) is 0.912. The standard InChI is InChI=1S/C22H29N3O/c1-17-6-4-8-20(16-17)10-11-23-22(26)25-14-12-24(13-15-25)21-9-5-7-18(2)19(21)3/h4-9,16H,10-15H2,1-3H3,(H,23,26). The first-order valence-electron chi connectivity index (χ1n) is 9.44. The zero-order valence-corrected chi connectivity index (χ0v) is 16.1. The highest BCUT2D eigenvalue weighted by Crippen LogP contribution is 2.23. The van der Waals surface area contributed by atoms with Gasteiger partial charge in [0.05, 0.1) is 0 Å². The van der Waals surface area contributed by atoms with Crippen LogP contribution in [0.25, 0.3) is 0 Å². The number of rotatable bonds is 4. The van der Waals surface area contributed by atoms with Crippen molar-refractivity contribution in [3.05, 3.63) is 64.7 Å². The summed E-state index contributed by atoms with van der Waals surface area (Å²) in [6.07, 6.45) is 0.871. The third kappa shape index (κ3) is 4.37. The molecule has 0 unspecified atom stereocenters. The van der Waals surface area contributed by atoms with Crippen LogP contribution in [0.1, 0.15) is 22.3 Å². The van der Waals surface area contributed by atoms with Crippen LogP contribution in [-0.4, -0.2) is 43.7 Å². The summed E-state index contributed by atoms with van der Waals surface area (Å²) in [6.45, 7) is 10.4. The normalized spacial score (nSPS) is 14.4. The van der Waals surface area contributed by atoms with Crippen LogP contribution in [0.3, 0.4) is 0 Å². The minimum atomic E-state index is 0.0540. The lowest BCUT2D eigenvalue weighted by Crippen LogP contribution is -2.52. The molecule has 0 radical (unpaired) electrons. The van der Waals surface area contributed by atoms with Gasteiger partial charge in [0, 0.05) is 38.4 Å². The second kappa shape index (κ2) is 8.26. The molecule has 1 saturated heterocycles. The minimum absolute atomic E-state index is 0.0540. The average Bonchev–Trinajstić information content (AvgIpc) is 2.64. The van der Waals surface area contributed by atoms with Gasteiger partial charge < -0.3 is 15.1 Å². The van der Waals surface area contributed by atoms with Crippen LogP contribution < -0.4 is 10.2 Å². The molecule has 4 nitrogen and oxygen atoms in total. The van der Waals surface area contributed by atoms with Gasteiger partial charge in [0.2, 0.25) is 0 Å². The molecule has 0 saturated carbocycles. The van der Waals surface area contributed by atoms with Crippen LogP contribution in [0.4, 0.5) is 10.5 Å². The highest BCUT2D eigenvalue weighted by molar-refractivity contribution is 5.74. The fraction of sp³-hybridized carbons (Fsp3) is 0.409. The van der Waals surface area contributed by atoms with Crippen LogP contribution in [0.5, 0.6) is 0 Å². The van der Waals surface area contributed by atoms with E-state index in [4.69, 9.17) is 0 Å². The van der Waals surface area contributed by atoms with Gasteiger partial charge in [0.15, 0.2) is 0 Å². The highest BCUT2D eigenvalue weighted by Gasteiger charge is 2.22. The number of carbonyl (C=O) groups excluding carboxylic acids is 1. The van der Waals surface area contributed by atoms with Crippen LogP contribution in [0, 0.1) is 20.8 Å². The number of amides is 2. The molecule has 4 heteroatoms. The second-order valence-electron chi connectivity index (χ2n) is 7.16. The molecule has 0 aromatic heterocycles. The lowest BCUT2D eigenvalue weighted by atomic mass is 10.1. The molecular weight excluding hydrogens is 322 g/mol. The van der Waals surface area contributed by atoms with Gasteiger partial charge in [-0.25, -0.2) is 4.79 Å². The Labute approximate surface area is 156 Å². The van der Waals surface area contributed by atoms with Gasteiger partial charge in [-0.3, -0.25) is 0 Å². The number of hydrogen-bond donors (Lipinski definition) is 1. The molecule has 2 aromatic rings. The van der Waals surface area contributed by atoms with Crippen molar-refractivity contribution in [3.63, 3.8) is 0 Å². The lowest BCUT2D eigenvalue weighted by molar-refractivity contribution is 0.194. The molecule has 1 heterocycles. The van der Waals surface area contributed by atoms with E-state index in [9.17, 15) is 4.79 Å². The van der Waals surface area contributed by atoms with Crippen molar-refractivity contribution in [2.45, 2.75) is 27.2 Å². The van der Waals surface area contributed by atoms with E-state index >= 15 is 0 Å². The Bertz CT molecular complexity index is 764. The van der Waals surface area contributed by atoms with Crippen molar-refractivity contribution >= 4 is 11.7 Å². The maximum atomic E-state index is 12.4. The molecule has 0 spiro atoms. The molecular formula is C22H29N3O. The summed E-state index contributed by atoms with van der Waals surface area (Å²) in [6, 6.07) is 14.9. The number of hydrogen-bond acceptors (Lipinski definition) is 2. The summed E-state index contributed by atoms with van der Waals surface area (Å²) in [5, 5.41) is 3.06. The van der Waals surface area contributed by atoms with Crippen molar-refractivity contribution in [1.29, 1.82) is 0 Å². The first kappa shape index (κ1) is 18.3. The molecule has 2 aromatic carbocycles. The second-order valence-corrected chi connectivity index (χ2v) is 7.16. The molecule has 0 bridgehead atoms. The summed E-state index contributed by atoms with van der Waals surface area (Å²) in [5.41, 5.74) is 6.48. The first-order chi connectivity index (χ1) is 12.5. The molecule has 1 N–H and O–H groups in total. The fourth-order valence-electron chi connectivity index (χ4n) is 3.52. The number of anilines is 1. The Hall–Kier alpha value is -2.49. The van der Waals surface area contributed by atoms with Gasteiger partial charge >= 0.3 is 6.03 Å². The lowest BCUT2D eigenvalue weighted by Gasteiger charge is -2.37. The van der Waals surface area contributed by atoms with Crippen molar-refractivity contribution in [3.8, 4) is 0 Å². The number of nitrogens with one attached hydrogen (secondary N) is 1. The smallest absolute Gasteiger partial charge is 0.317 e. The molecule has 3 rings (SSSR count). The SMILES string of the molecule is Cc1cccc(CCNC(=O)N2CCN(c3cccc(C)c3C)CC2)c1. The maximum absolute atomic E-state index is 12.4. The Kier molecular flexibility index (Phi) is 5.82. The topological polar surface area (TPSA) is 35.6 Å². The summed E-state index contributed by atoms with van der Waals surface area (Å²) >= 11 is 0. The van der Waals surface area contributed by atoms with Crippen molar-refractivity contribution < 1.29 is 4.79 Å². The fourth-order valence-corrected chi connectivity index (χ4v) is 3.52. The monoisotopic (exact) mass is 351 g/mol. The zero-order valence-electron chi connectivity index (χ0n) is 16.1. The molecule has 1 aliphatic rings. The minimum Gasteiger partial charge on any atom is -0.368 e. The van der Waals surface area contributed by atoms with Gasteiger partial charge in [0.25, 0.3) is 0 Å². The zero-order chi connectivity index (χ0) is 18.5. The van der Waals surface area contributed by atoms with E-state index in [1.165, 1.54) is 27.9 Å². The van der Waals surface area contributed by atoms with Crippen LogP contribution >= 0.6 is 0 Å². The van der Waals surface area contributed by atoms with E-state index in [-0.39, 0.29) is 6.03 Å². The van der Waals surface area contributed by atoms with Crippen molar-refractivity contribution in [1.82, 2.24) is 10.2 Å². The van der Waals surface area contributed by atoms with Gasteiger partial charge in [-0.2, -0.15) is 0 Å². The van der Waals surface area contributed by atoms with E-state index in [0.717, 1.165) is 32.6 Å².